The van der Waals surface area contributed by atoms with Crippen LogP contribution >= 0.6 is 0 Å². The maximum atomic E-state index is 10.1. The van der Waals surface area contributed by atoms with Crippen LogP contribution in [0, 0.1) is 0 Å². The smallest absolute Gasteiger partial charge is 0.405 e. The lowest BCUT2D eigenvalue weighted by Gasteiger charge is -2.20. The molecular weight excluding hydrogens is 132 g/mol. The SMILES string of the molecule is O=C(O)NC1CCCC[N]1. The molecular formula is C6H11N2O2. The van der Waals surface area contributed by atoms with E-state index in [2.05, 4.69) is 10.6 Å². The Labute approximate surface area is 59.6 Å². The van der Waals surface area contributed by atoms with Gasteiger partial charge in [0, 0.05) is 6.54 Å². The van der Waals surface area contributed by atoms with Gasteiger partial charge in [0.25, 0.3) is 0 Å². The molecule has 0 aliphatic carbocycles. The first-order valence-corrected chi connectivity index (χ1v) is 3.45. The van der Waals surface area contributed by atoms with Gasteiger partial charge in [0.2, 0.25) is 0 Å². The van der Waals surface area contributed by atoms with Gasteiger partial charge < -0.3 is 10.4 Å². The van der Waals surface area contributed by atoms with Crippen LogP contribution in [-0.4, -0.2) is 23.9 Å². The molecule has 0 aromatic rings. The fraction of sp³-hybridized carbons (Fsp3) is 0.833. The van der Waals surface area contributed by atoms with Crippen LogP contribution in [0.2, 0.25) is 0 Å². The van der Waals surface area contributed by atoms with Crippen molar-refractivity contribution >= 4 is 6.09 Å². The second-order valence-electron chi connectivity index (χ2n) is 2.37. The number of rotatable bonds is 1. The van der Waals surface area contributed by atoms with E-state index in [1.54, 1.807) is 0 Å². The molecule has 1 rings (SSSR count). The second-order valence-corrected chi connectivity index (χ2v) is 2.37. The zero-order valence-electron chi connectivity index (χ0n) is 5.71. The van der Waals surface area contributed by atoms with Crippen molar-refractivity contribution in [2.24, 2.45) is 0 Å². The standard InChI is InChI=1S/C6H11N2O2/c9-6(10)8-5-3-1-2-4-7-5/h5,8H,1-4H2,(H,9,10). The predicted octanol–water partition coefficient (Wildman–Crippen LogP) is 0.368. The van der Waals surface area contributed by atoms with Crippen LogP contribution < -0.4 is 10.6 Å². The Morgan fingerprint density at radius 1 is 1.60 bits per heavy atom. The van der Waals surface area contributed by atoms with Gasteiger partial charge in [0.05, 0.1) is 6.17 Å². The fourth-order valence-electron chi connectivity index (χ4n) is 1.05. The number of hydrogen-bond donors (Lipinski definition) is 2. The summed E-state index contributed by atoms with van der Waals surface area (Å²) in [4.78, 5) is 10.1. The van der Waals surface area contributed by atoms with Crippen LogP contribution in [0.25, 0.3) is 0 Å². The minimum absolute atomic E-state index is 0.147. The third kappa shape index (κ3) is 2.23. The third-order valence-corrected chi connectivity index (χ3v) is 1.53. The molecule has 1 unspecified atom stereocenters. The van der Waals surface area contributed by atoms with E-state index in [0.29, 0.717) is 0 Å². The summed E-state index contributed by atoms with van der Waals surface area (Å²) in [5.41, 5.74) is 0. The van der Waals surface area contributed by atoms with E-state index >= 15 is 0 Å². The number of nitrogens with one attached hydrogen (secondary N) is 1. The van der Waals surface area contributed by atoms with E-state index in [-0.39, 0.29) is 6.17 Å². The van der Waals surface area contributed by atoms with E-state index < -0.39 is 6.09 Å². The molecule has 57 valence electrons. The van der Waals surface area contributed by atoms with Gasteiger partial charge in [-0.25, -0.2) is 10.1 Å². The van der Waals surface area contributed by atoms with E-state index in [1.807, 2.05) is 0 Å². The first-order valence-electron chi connectivity index (χ1n) is 3.45. The molecule has 1 aliphatic rings. The Hall–Kier alpha value is -0.770. The van der Waals surface area contributed by atoms with E-state index in [0.717, 1.165) is 25.8 Å². The monoisotopic (exact) mass is 143 g/mol. The van der Waals surface area contributed by atoms with E-state index in [9.17, 15) is 4.79 Å². The lowest BCUT2D eigenvalue weighted by Crippen LogP contribution is -2.43. The summed E-state index contributed by atoms with van der Waals surface area (Å²) in [6, 6.07) is 0. The van der Waals surface area contributed by atoms with Crippen molar-refractivity contribution in [2.45, 2.75) is 25.4 Å². The Morgan fingerprint density at radius 2 is 2.40 bits per heavy atom. The Balaban J connectivity index is 2.19. The topological polar surface area (TPSA) is 63.4 Å². The van der Waals surface area contributed by atoms with Crippen LogP contribution in [-0.2, 0) is 0 Å². The highest BCUT2D eigenvalue weighted by atomic mass is 16.4. The van der Waals surface area contributed by atoms with Crippen molar-refractivity contribution in [3.05, 3.63) is 0 Å². The van der Waals surface area contributed by atoms with Crippen molar-refractivity contribution in [3.63, 3.8) is 0 Å². The summed E-state index contributed by atoms with van der Waals surface area (Å²) in [5.74, 6) is 0. The van der Waals surface area contributed by atoms with Gasteiger partial charge in [-0.2, -0.15) is 0 Å². The first-order chi connectivity index (χ1) is 4.79. The van der Waals surface area contributed by atoms with Crippen LogP contribution in [0.4, 0.5) is 4.79 Å². The van der Waals surface area contributed by atoms with Crippen molar-refractivity contribution in [1.29, 1.82) is 0 Å². The number of carbonyl (C=O) groups is 1. The lowest BCUT2D eigenvalue weighted by atomic mass is 10.1. The molecule has 2 N–H and O–H groups in total. The second kappa shape index (κ2) is 3.41. The summed E-state index contributed by atoms with van der Waals surface area (Å²) in [6.07, 6.45) is 1.90. The largest absolute Gasteiger partial charge is 0.465 e. The molecule has 1 heterocycles. The average molecular weight is 143 g/mol. The summed E-state index contributed by atoms with van der Waals surface area (Å²) in [7, 11) is 0. The number of amides is 1. The highest BCUT2D eigenvalue weighted by Crippen LogP contribution is 2.05. The van der Waals surface area contributed by atoms with Crippen LogP contribution in [0.3, 0.4) is 0 Å². The Kier molecular flexibility index (Phi) is 2.50. The van der Waals surface area contributed by atoms with Gasteiger partial charge in [-0.15, -0.1) is 0 Å². The van der Waals surface area contributed by atoms with Crippen molar-refractivity contribution in [3.8, 4) is 0 Å². The van der Waals surface area contributed by atoms with Crippen molar-refractivity contribution in [1.82, 2.24) is 10.6 Å². The van der Waals surface area contributed by atoms with Gasteiger partial charge in [-0.3, -0.25) is 0 Å². The minimum Gasteiger partial charge on any atom is -0.465 e. The van der Waals surface area contributed by atoms with E-state index in [4.69, 9.17) is 5.11 Å². The first kappa shape index (κ1) is 7.34. The van der Waals surface area contributed by atoms with Gasteiger partial charge in [0.15, 0.2) is 0 Å². The van der Waals surface area contributed by atoms with Crippen LogP contribution in [0.5, 0.6) is 0 Å². The summed E-state index contributed by atoms with van der Waals surface area (Å²) in [6.45, 7) is 0.797. The molecule has 0 spiro atoms. The zero-order valence-corrected chi connectivity index (χ0v) is 5.71. The van der Waals surface area contributed by atoms with Crippen LogP contribution in [0.1, 0.15) is 19.3 Å². The quantitative estimate of drug-likeness (QED) is 0.557. The average Bonchev–Trinajstić information content (AvgIpc) is 1.88. The minimum atomic E-state index is -0.976. The molecule has 0 bridgehead atoms. The highest BCUT2D eigenvalue weighted by molar-refractivity contribution is 5.64. The van der Waals surface area contributed by atoms with Gasteiger partial charge in [-0.1, -0.05) is 0 Å². The third-order valence-electron chi connectivity index (χ3n) is 1.53. The summed E-state index contributed by atoms with van der Waals surface area (Å²) in [5, 5.41) is 14.7. The molecule has 0 aromatic carbocycles. The highest BCUT2D eigenvalue weighted by Gasteiger charge is 2.14. The molecule has 1 atom stereocenters. The molecule has 4 heteroatoms. The number of carboxylic acid groups (broad SMARTS) is 1. The number of nitrogens with zero attached hydrogens (tertiary/aromatic N) is 1. The molecule has 0 saturated carbocycles. The summed E-state index contributed by atoms with van der Waals surface area (Å²) < 4.78 is 0. The Morgan fingerprint density at radius 3 is 2.90 bits per heavy atom. The maximum absolute atomic E-state index is 10.1. The van der Waals surface area contributed by atoms with E-state index in [1.165, 1.54) is 0 Å². The number of piperidine rings is 1. The molecule has 10 heavy (non-hydrogen) atoms. The molecule has 1 amide bonds. The molecule has 4 nitrogen and oxygen atoms in total. The lowest BCUT2D eigenvalue weighted by molar-refractivity contribution is 0.183. The van der Waals surface area contributed by atoms with Crippen molar-refractivity contribution < 1.29 is 9.90 Å². The van der Waals surface area contributed by atoms with Gasteiger partial charge in [0.1, 0.15) is 0 Å². The molecule has 0 aromatic heterocycles. The number of hydrogen-bond acceptors (Lipinski definition) is 1. The predicted molar refractivity (Wildman–Crippen MR) is 35.8 cm³/mol. The normalized spacial score (nSPS) is 25.8. The van der Waals surface area contributed by atoms with Crippen molar-refractivity contribution in [2.75, 3.05) is 6.54 Å². The zero-order chi connectivity index (χ0) is 7.40. The molecule has 1 radical (unpaired) electrons. The van der Waals surface area contributed by atoms with Gasteiger partial charge in [-0.05, 0) is 19.3 Å². The van der Waals surface area contributed by atoms with Crippen LogP contribution in [0.15, 0.2) is 0 Å². The summed E-state index contributed by atoms with van der Waals surface area (Å²) >= 11 is 0. The maximum Gasteiger partial charge on any atom is 0.405 e. The molecule has 1 aliphatic heterocycles. The Bertz CT molecular complexity index is 121. The molecule has 1 fully saturated rings. The molecule has 1 saturated heterocycles. The fourth-order valence-corrected chi connectivity index (χ4v) is 1.05. The van der Waals surface area contributed by atoms with Gasteiger partial charge >= 0.3 is 6.09 Å².